The molecule has 1 atom stereocenters. The second-order valence-electron chi connectivity index (χ2n) is 12.9. The molecule has 0 aliphatic rings. The van der Waals surface area contributed by atoms with E-state index in [1.807, 2.05) is 123 Å². The minimum Gasteiger partial charge on any atom is -0.453 e. The van der Waals surface area contributed by atoms with E-state index < -0.39 is 20.0 Å². The van der Waals surface area contributed by atoms with Crippen molar-refractivity contribution in [1.82, 2.24) is 4.98 Å². The number of pyridine rings is 1. The van der Waals surface area contributed by atoms with Crippen molar-refractivity contribution >= 4 is 20.0 Å². The van der Waals surface area contributed by atoms with Crippen LogP contribution in [0, 0.1) is 0 Å². The molecule has 0 amide bonds. The first-order chi connectivity index (χ1) is 20.4. The van der Waals surface area contributed by atoms with Gasteiger partial charge in [0.15, 0.2) is 14.4 Å². The van der Waals surface area contributed by atoms with Crippen LogP contribution in [0.1, 0.15) is 62.6 Å². The van der Waals surface area contributed by atoms with Crippen molar-refractivity contribution in [3.8, 4) is 0 Å². The fourth-order valence-electron chi connectivity index (χ4n) is 4.42. The summed E-state index contributed by atoms with van der Waals surface area (Å²) >= 11 is 0. The van der Waals surface area contributed by atoms with Crippen LogP contribution in [0.15, 0.2) is 114 Å². The monoisotopic (exact) mass is 592 g/mol. The molecule has 0 unspecified atom stereocenters. The minimum absolute atomic E-state index is 0.126. The number of ether oxygens (including phenoxy) is 1. The van der Waals surface area contributed by atoms with Crippen LogP contribution >= 0.6 is 0 Å². The highest BCUT2D eigenvalue weighted by molar-refractivity contribution is 6.74. The molecule has 5 nitrogen and oxygen atoms in total. The number of rotatable bonds is 11. The quantitative estimate of drug-likeness (QED) is 0.0995. The first kappa shape index (κ1) is 32.0. The van der Waals surface area contributed by atoms with Gasteiger partial charge in [-0.3, -0.25) is 9.98 Å². The van der Waals surface area contributed by atoms with Crippen LogP contribution in [-0.4, -0.2) is 31.0 Å². The molecule has 0 spiro atoms. The summed E-state index contributed by atoms with van der Waals surface area (Å²) in [5, 5.41) is 0.126. The zero-order valence-corrected chi connectivity index (χ0v) is 27.5. The lowest BCUT2D eigenvalue weighted by molar-refractivity contribution is -0.159. The Morgan fingerprint density at radius 2 is 1.33 bits per heavy atom. The summed E-state index contributed by atoms with van der Waals surface area (Å²) in [6.45, 7) is 15.5. The van der Waals surface area contributed by atoms with E-state index in [-0.39, 0.29) is 11.0 Å². The minimum atomic E-state index is -1.90. The maximum Gasteiger partial charge on any atom is 0.332 e. The Morgan fingerprint density at radius 3 is 1.81 bits per heavy atom. The van der Waals surface area contributed by atoms with Crippen LogP contribution in [0.3, 0.4) is 0 Å². The van der Waals surface area contributed by atoms with E-state index in [9.17, 15) is 4.79 Å². The Kier molecular flexibility index (Phi) is 10.1. The van der Waals surface area contributed by atoms with Crippen LogP contribution in [0.4, 0.5) is 0 Å². The van der Waals surface area contributed by atoms with Gasteiger partial charge in [-0.2, -0.15) is 0 Å². The molecule has 0 aliphatic carbocycles. The van der Waals surface area contributed by atoms with Crippen molar-refractivity contribution < 1.29 is 14.0 Å². The number of hydrogen-bond donors (Lipinski definition) is 0. The highest BCUT2D eigenvalue weighted by Gasteiger charge is 2.37. The Bertz CT molecular complexity index is 1450. The van der Waals surface area contributed by atoms with Gasteiger partial charge in [0.05, 0.1) is 18.0 Å². The molecule has 0 fully saturated rings. The molecular weight excluding hydrogens is 549 g/mol. The number of hydrogen-bond acceptors (Lipinski definition) is 5. The van der Waals surface area contributed by atoms with E-state index in [0.717, 1.165) is 33.7 Å². The van der Waals surface area contributed by atoms with E-state index in [1.54, 1.807) is 0 Å². The summed E-state index contributed by atoms with van der Waals surface area (Å²) in [6, 6.07) is 32.9. The van der Waals surface area contributed by atoms with Crippen molar-refractivity contribution in [1.29, 1.82) is 0 Å². The van der Waals surface area contributed by atoms with Gasteiger partial charge < -0.3 is 9.16 Å². The zero-order chi connectivity index (χ0) is 31.1. The summed E-state index contributed by atoms with van der Waals surface area (Å²) in [4.78, 5) is 23.7. The summed E-state index contributed by atoms with van der Waals surface area (Å²) in [7, 11) is -1.90. The van der Waals surface area contributed by atoms with Gasteiger partial charge in [-0.1, -0.05) is 118 Å². The maximum absolute atomic E-state index is 13.9. The molecule has 0 N–H and O–H groups in total. The second-order valence-corrected chi connectivity index (χ2v) is 17.7. The van der Waals surface area contributed by atoms with Gasteiger partial charge in [-0.25, -0.2) is 4.79 Å². The standard InChI is InChI=1S/C37H44N2O3Si/c1-36(2,3)43(6,7)41-27-32-24-23-28(26-38-32)25-33(35(40)42-37(4,5)31-21-15-10-16-22-31)39-34(29-17-11-8-12-18-29)30-19-13-9-14-20-30/h8-24,26,33H,25,27H2,1-7H3/t33-/m0/s1. The molecule has 43 heavy (non-hydrogen) atoms. The van der Waals surface area contributed by atoms with Crippen LogP contribution < -0.4 is 0 Å². The Labute approximate surface area is 258 Å². The summed E-state index contributed by atoms with van der Waals surface area (Å²) < 4.78 is 12.5. The molecule has 0 saturated carbocycles. The molecule has 4 rings (SSSR count). The highest BCUT2D eigenvalue weighted by atomic mass is 28.4. The summed E-state index contributed by atoms with van der Waals surface area (Å²) in [6.07, 6.45) is 2.18. The van der Waals surface area contributed by atoms with Crippen LogP contribution in [-0.2, 0) is 32.6 Å². The van der Waals surface area contributed by atoms with Gasteiger partial charge in [0.1, 0.15) is 5.60 Å². The highest BCUT2D eigenvalue weighted by Crippen LogP contribution is 2.37. The molecular formula is C37H44N2O3Si. The van der Waals surface area contributed by atoms with Crippen LogP contribution in [0.5, 0.6) is 0 Å². The van der Waals surface area contributed by atoms with Crippen molar-refractivity contribution in [3.05, 3.63) is 137 Å². The molecule has 4 aromatic rings. The van der Waals surface area contributed by atoms with Gasteiger partial charge in [0, 0.05) is 23.7 Å². The predicted molar refractivity (Wildman–Crippen MR) is 178 cm³/mol. The van der Waals surface area contributed by atoms with E-state index in [0.29, 0.717) is 13.0 Å². The lowest BCUT2D eigenvalue weighted by atomic mass is 9.97. The Hall–Kier alpha value is -3.87. The third-order valence-electron chi connectivity index (χ3n) is 8.18. The zero-order valence-electron chi connectivity index (χ0n) is 26.5. The van der Waals surface area contributed by atoms with Crippen LogP contribution in [0.25, 0.3) is 0 Å². The van der Waals surface area contributed by atoms with Crippen molar-refractivity contribution in [2.75, 3.05) is 0 Å². The summed E-state index contributed by atoms with van der Waals surface area (Å²) in [5.74, 6) is -0.386. The van der Waals surface area contributed by atoms with Gasteiger partial charge in [0.2, 0.25) is 0 Å². The van der Waals surface area contributed by atoms with Crippen molar-refractivity contribution in [2.45, 2.75) is 77.4 Å². The third-order valence-corrected chi connectivity index (χ3v) is 12.7. The molecule has 3 aromatic carbocycles. The number of benzene rings is 3. The second kappa shape index (κ2) is 13.6. The van der Waals surface area contributed by atoms with Gasteiger partial charge in [-0.15, -0.1) is 0 Å². The van der Waals surface area contributed by atoms with Gasteiger partial charge in [0.25, 0.3) is 0 Å². The average molecular weight is 593 g/mol. The SMILES string of the molecule is CC(C)(OC(=O)[C@H](Cc1ccc(CO[Si](C)(C)C(C)(C)C)nc1)N=C(c1ccccc1)c1ccccc1)c1ccccc1. The first-order valence-corrected chi connectivity index (χ1v) is 17.8. The number of nitrogens with zero attached hydrogens (tertiary/aromatic N) is 2. The molecule has 1 heterocycles. The van der Waals surface area contributed by atoms with E-state index in [4.69, 9.17) is 19.1 Å². The lowest BCUT2D eigenvalue weighted by Crippen LogP contribution is -2.40. The van der Waals surface area contributed by atoms with Crippen molar-refractivity contribution in [2.24, 2.45) is 4.99 Å². The lowest BCUT2D eigenvalue weighted by Gasteiger charge is -2.36. The fraction of sp³-hybridized carbons (Fsp3) is 0.324. The number of esters is 1. The summed E-state index contributed by atoms with van der Waals surface area (Å²) in [5.41, 5.74) is 4.48. The fourth-order valence-corrected chi connectivity index (χ4v) is 5.36. The Morgan fingerprint density at radius 1 is 0.791 bits per heavy atom. The molecule has 0 radical (unpaired) electrons. The van der Waals surface area contributed by atoms with E-state index in [1.165, 1.54) is 0 Å². The molecule has 6 heteroatoms. The number of carbonyl (C=O) groups is 1. The molecule has 0 saturated heterocycles. The maximum atomic E-state index is 13.9. The smallest absolute Gasteiger partial charge is 0.332 e. The number of aliphatic imine (C=N–C) groups is 1. The van der Waals surface area contributed by atoms with E-state index in [2.05, 4.69) is 33.9 Å². The number of aromatic nitrogens is 1. The largest absolute Gasteiger partial charge is 0.453 e. The third kappa shape index (κ3) is 8.59. The van der Waals surface area contributed by atoms with Gasteiger partial charge >= 0.3 is 5.97 Å². The first-order valence-electron chi connectivity index (χ1n) is 14.9. The van der Waals surface area contributed by atoms with Crippen LogP contribution in [0.2, 0.25) is 18.1 Å². The molecule has 224 valence electrons. The number of carbonyl (C=O) groups excluding carboxylic acids is 1. The van der Waals surface area contributed by atoms with Crippen molar-refractivity contribution in [3.63, 3.8) is 0 Å². The molecule has 0 bridgehead atoms. The predicted octanol–water partition coefficient (Wildman–Crippen LogP) is 8.53. The Balaban J connectivity index is 1.66. The normalized spacial score (nSPS) is 12.8. The van der Waals surface area contributed by atoms with E-state index >= 15 is 0 Å². The average Bonchev–Trinajstić information content (AvgIpc) is 2.99. The van der Waals surface area contributed by atoms with Gasteiger partial charge in [-0.05, 0) is 49.2 Å². The molecule has 0 aliphatic heterocycles. The topological polar surface area (TPSA) is 60.8 Å². The molecule has 1 aromatic heterocycles.